The van der Waals surface area contributed by atoms with Crippen LogP contribution in [-0.4, -0.2) is 54.6 Å². The van der Waals surface area contributed by atoms with Gasteiger partial charge in [-0.25, -0.2) is 0 Å². The Labute approximate surface area is 161 Å². The highest BCUT2D eigenvalue weighted by Crippen LogP contribution is 2.32. The van der Waals surface area contributed by atoms with Crippen molar-refractivity contribution in [3.05, 3.63) is 59.9 Å². The fraction of sp³-hybridized carbons (Fsp3) is 0.455. The normalized spacial score (nSPS) is 19.3. The maximum absolute atomic E-state index is 12.0. The molecule has 2 aliphatic rings. The van der Waals surface area contributed by atoms with Gasteiger partial charge < -0.3 is 10.2 Å². The van der Waals surface area contributed by atoms with Gasteiger partial charge in [-0.3, -0.25) is 14.7 Å². The molecule has 0 radical (unpaired) electrons. The highest BCUT2D eigenvalue weighted by atomic mass is 16.1. The topological polar surface area (TPSA) is 48.5 Å². The van der Waals surface area contributed by atoms with Crippen LogP contribution in [0.2, 0.25) is 0 Å². The summed E-state index contributed by atoms with van der Waals surface area (Å²) in [7, 11) is 0. The summed E-state index contributed by atoms with van der Waals surface area (Å²) in [6, 6.07) is 13.1. The molecule has 2 aliphatic heterocycles. The highest BCUT2D eigenvalue weighted by Gasteiger charge is 2.30. The highest BCUT2D eigenvalue weighted by molar-refractivity contribution is 5.93. The van der Waals surface area contributed by atoms with Gasteiger partial charge in [-0.15, -0.1) is 0 Å². The molecule has 0 spiro atoms. The zero-order chi connectivity index (χ0) is 18.5. The number of nitrogens with zero attached hydrogens (tertiary/aromatic N) is 3. The van der Waals surface area contributed by atoms with Crippen molar-refractivity contribution in [2.24, 2.45) is 0 Å². The number of benzene rings is 1. The molecule has 0 aliphatic carbocycles. The average Bonchev–Trinajstić information content (AvgIpc) is 2.73. The van der Waals surface area contributed by atoms with E-state index >= 15 is 0 Å². The number of carbonyl (C=O) groups excluding carboxylic acids is 1. The van der Waals surface area contributed by atoms with Crippen LogP contribution >= 0.6 is 0 Å². The Morgan fingerprint density at radius 1 is 1.15 bits per heavy atom. The lowest BCUT2D eigenvalue weighted by molar-refractivity contribution is 0.0952. The van der Waals surface area contributed by atoms with Crippen molar-refractivity contribution >= 4 is 11.6 Å². The van der Waals surface area contributed by atoms with Crippen LogP contribution in [0.5, 0.6) is 0 Å². The molecule has 1 fully saturated rings. The third-order valence-electron chi connectivity index (χ3n) is 5.73. The first-order valence-corrected chi connectivity index (χ1v) is 10.1. The van der Waals surface area contributed by atoms with E-state index in [4.69, 9.17) is 0 Å². The first-order chi connectivity index (χ1) is 13.3. The van der Waals surface area contributed by atoms with E-state index in [0.29, 0.717) is 11.6 Å². The molecular weight excluding hydrogens is 336 g/mol. The first-order valence-electron chi connectivity index (χ1n) is 10.1. The number of aromatic nitrogens is 1. The maximum atomic E-state index is 12.0. The number of fused-ring (bicyclic) bond motifs is 3. The Morgan fingerprint density at radius 3 is 2.96 bits per heavy atom. The van der Waals surface area contributed by atoms with E-state index in [1.165, 1.54) is 24.1 Å². The summed E-state index contributed by atoms with van der Waals surface area (Å²) in [5, 5.41) is 2.99. The number of piperazine rings is 1. The molecule has 4 rings (SSSR count). The van der Waals surface area contributed by atoms with E-state index in [2.05, 4.69) is 44.4 Å². The van der Waals surface area contributed by atoms with Crippen molar-refractivity contribution < 1.29 is 4.79 Å². The first kappa shape index (κ1) is 18.0. The zero-order valence-corrected chi connectivity index (χ0v) is 15.8. The molecule has 1 saturated heterocycles. The number of aryl methyl sites for hydroxylation is 1. The van der Waals surface area contributed by atoms with Gasteiger partial charge in [0.25, 0.3) is 5.91 Å². The lowest BCUT2D eigenvalue weighted by Crippen LogP contribution is -2.55. The summed E-state index contributed by atoms with van der Waals surface area (Å²) >= 11 is 0. The van der Waals surface area contributed by atoms with E-state index in [0.717, 1.165) is 45.6 Å². The average molecular weight is 364 g/mol. The maximum Gasteiger partial charge on any atom is 0.252 e. The molecular formula is C22H28N4O. The Bertz CT molecular complexity index is 764. The van der Waals surface area contributed by atoms with Crippen molar-refractivity contribution in [2.45, 2.75) is 31.7 Å². The molecule has 5 nitrogen and oxygen atoms in total. The molecule has 0 saturated carbocycles. The van der Waals surface area contributed by atoms with Crippen molar-refractivity contribution in [1.82, 2.24) is 15.2 Å². The Morgan fingerprint density at radius 2 is 2.07 bits per heavy atom. The van der Waals surface area contributed by atoms with Gasteiger partial charge in [0, 0.05) is 50.3 Å². The molecule has 1 amide bonds. The summed E-state index contributed by atoms with van der Waals surface area (Å²) in [6.07, 6.45) is 7.88. The predicted molar refractivity (Wildman–Crippen MR) is 108 cm³/mol. The van der Waals surface area contributed by atoms with Crippen LogP contribution in [-0.2, 0) is 6.42 Å². The van der Waals surface area contributed by atoms with Crippen LogP contribution in [0.25, 0.3) is 0 Å². The number of para-hydroxylation sites is 1. The minimum absolute atomic E-state index is 0.0300. The Balaban J connectivity index is 1.18. The minimum Gasteiger partial charge on any atom is -0.366 e. The SMILES string of the molecule is O=C(NCCCCN1CCN2c3ccccc3CCC2C1)c1cccnc1. The molecule has 1 atom stereocenters. The number of unbranched alkanes of at least 4 members (excludes halogenated alkanes) is 1. The molecule has 142 valence electrons. The van der Waals surface area contributed by atoms with Crippen LogP contribution in [0.15, 0.2) is 48.8 Å². The lowest BCUT2D eigenvalue weighted by atomic mass is 9.94. The predicted octanol–water partition coefficient (Wildman–Crippen LogP) is 2.73. The second kappa shape index (κ2) is 8.53. The van der Waals surface area contributed by atoms with Gasteiger partial charge in [-0.1, -0.05) is 18.2 Å². The molecule has 1 aromatic heterocycles. The van der Waals surface area contributed by atoms with Crippen LogP contribution in [0.3, 0.4) is 0 Å². The number of hydrogen-bond acceptors (Lipinski definition) is 4. The standard InChI is InChI=1S/C22H28N4O/c27-22(19-7-5-11-23-16-19)24-12-3-4-13-25-14-15-26-20(17-25)10-9-18-6-1-2-8-21(18)26/h1-2,5-8,11,16,20H,3-4,9-10,12-15,17H2,(H,24,27). The van der Waals surface area contributed by atoms with Gasteiger partial charge in [-0.05, 0) is 56.0 Å². The number of pyridine rings is 1. The van der Waals surface area contributed by atoms with E-state index in [1.807, 2.05) is 0 Å². The van der Waals surface area contributed by atoms with Crippen molar-refractivity contribution in [2.75, 3.05) is 37.6 Å². The Kier molecular flexibility index (Phi) is 5.68. The van der Waals surface area contributed by atoms with Crippen LogP contribution in [0.4, 0.5) is 5.69 Å². The van der Waals surface area contributed by atoms with E-state index < -0.39 is 0 Å². The van der Waals surface area contributed by atoms with Gasteiger partial charge >= 0.3 is 0 Å². The molecule has 1 N–H and O–H groups in total. The second-order valence-corrected chi connectivity index (χ2v) is 7.52. The van der Waals surface area contributed by atoms with Gasteiger partial charge in [0.05, 0.1) is 5.56 Å². The Hall–Kier alpha value is -2.40. The fourth-order valence-corrected chi connectivity index (χ4v) is 4.27. The number of carbonyl (C=O) groups is 1. The summed E-state index contributed by atoms with van der Waals surface area (Å²) in [5.41, 5.74) is 3.59. The summed E-state index contributed by atoms with van der Waals surface area (Å²) in [5.74, 6) is -0.0300. The second-order valence-electron chi connectivity index (χ2n) is 7.52. The minimum atomic E-state index is -0.0300. The number of nitrogens with one attached hydrogen (secondary N) is 1. The van der Waals surface area contributed by atoms with Gasteiger partial charge in [0.1, 0.15) is 0 Å². The third-order valence-corrected chi connectivity index (χ3v) is 5.73. The molecule has 3 heterocycles. The van der Waals surface area contributed by atoms with E-state index in [-0.39, 0.29) is 5.91 Å². The zero-order valence-electron chi connectivity index (χ0n) is 15.8. The van der Waals surface area contributed by atoms with Crippen LogP contribution in [0.1, 0.15) is 35.2 Å². The number of hydrogen-bond donors (Lipinski definition) is 1. The molecule has 1 aromatic carbocycles. The number of amides is 1. The van der Waals surface area contributed by atoms with Gasteiger partial charge in [-0.2, -0.15) is 0 Å². The van der Waals surface area contributed by atoms with E-state index in [1.54, 1.807) is 24.5 Å². The smallest absolute Gasteiger partial charge is 0.252 e. The monoisotopic (exact) mass is 364 g/mol. The molecule has 5 heteroatoms. The number of rotatable bonds is 6. The fourth-order valence-electron chi connectivity index (χ4n) is 4.27. The largest absolute Gasteiger partial charge is 0.366 e. The molecule has 2 aromatic rings. The van der Waals surface area contributed by atoms with Crippen LogP contribution in [0, 0.1) is 0 Å². The van der Waals surface area contributed by atoms with Crippen molar-refractivity contribution in [3.63, 3.8) is 0 Å². The summed E-state index contributed by atoms with van der Waals surface area (Å²) in [4.78, 5) is 21.2. The molecule has 0 bridgehead atoms. The van der Waals surface area contributed by atoms with Crippen LogP contribution < -0.4 is 10.2 Å². The molecule has 27 heavy (non-hydrogen) atoms. The van der Waals surface area contributed by atoms with Gasteiger partial charge in [0.15, 0.2) is 0 Å². The number of anilines is 1. The van der Waals surface area contributed by atoms with Crippen molar-refractivity contribution in [3.8, 4) is 0 Å². The summed E-state index contributed by atoms with van der Waals surface area (Å²) < 4.78 is 0. The quantitative estimate of drug-likeness (QED) is 0.801. The third kappa shape index (κ3) is 4.30. The summed E-state index contributed by atoms with van der Waals surface area (Å²) in [6.45, 7) is 5.27. The lowest BCUT2D eigenvalue weighted by Gasteiger charge is -2.46. The van der Waals surface area contributed by atoms with Crippen molar-refractivity contribution in [1.29, 1.82) is 0 Å². The van der Waals surface area contributed by atoms with E-state index in [9.17, 15) is 4.79 Å². The molecule has 1 unspecified atom stereocenters. The van der Waals surface area contributed by atoms with Gasteiger partial charge in [0.2, 0.25) is 0 Å².